The Hall–Kier alpha value is -3.61. The highest BCUT2D eigenvalue weighted by atomic mass is 17.2. The van der Waals surface area contributed by atoms with E-state index in [1.807, 2.05) is 0 Å². The van der Waals surface area contributed by atoms with Crippen LogP contribution in [0.15, 0.2) is 67.3 Å². The van der Waals surface area contributed by atoms with Crippen LogP contribution in [0.25, 0.3) is 0 Å². The molecule has 2 rings (SSSR count). The fourth-order valence-corrected chi connectivity index (χ4v) is 2.77. The molecule has 0 radical (unpaired) electrons. The van der Waals surface area contributed by atoms with Crippen LogP contribution in [0.2, 0.25) is 0 Å². The summed E-state index contributed by atoms with van der Waals surface area (Å²) in [4.78, 5) is 43.9. The molecular formula is C25H28O7. The first-order chi connectivity index (χ1) is 15.6. The fourth-order valence-electron chi connectivity index (χ4n) is 2.77. The Morgan fingerprint density at radius 2 is 1.22 bits per heavy atom. The lowest BCUT2D eigenvalue weighted by atomic mass is 10.1. The van der Waals surface area contributed by atoms with Crippen LogP contribution in [0.4, 0.5) is 0 Å². The highest BCUT2D eigenvalue weighted by Gasteiger charge is 2.13. The third kappa shape index (κ3) is 9.47. The molecule has 0 spiro atoms. The molecule has 0 bridgehead atoms. The van der Waals surface area contributed by atoms with Crippen molar-refractivity contribution >= 4 is 17.9 Å². The summed E-state index contributed by atoms with van der Waals surface area (Å²) in [6, 6.07) is 14.7. The molecular weight excluding hydrogens is 412 g/mol. The summed E-state index contributed by atoms with van der Waals surface area (Å²) in [5, 5.41) is 0. The smallest absolute Gasteiger partial charge is 0.386 e. The van der Waals surface area contributed by atoms with Gasteiger partial charge in [-0.15, -0.1) is 0 Å². The maximum Gasteiger partial charge on any atom is 0.386 e. The van der Waals surface area contributed by atoms with Crippen molar-refractivity contribution in [2.45, 2.75) is 38.5 Å². The average molecular weight is 440 g/mol. The number of carbonyl (C=O) groups is 3. The SMILES string of the molecule is C=CC(=O)OCCCCCCCCOc1ccc(C(=O)OOC(=O)c2ccccc2)cc1. The van der Waals surface area contributed by atoms with Crippen molar-refractivity contribution in [1.29, 1.82) is 0 Å². The van der Waals surface area contributed by atoms with Crippen molar-refractivity contribution in [3.63, 3.8) is 0 Å². The average Bonchev–Trinajstić information content (AvgIpc) is 2.84. The maximum atomic E-state index is 12.0. The third-order valence-electron chi connectivity index (χ3n) is 4.51. The fraction of sp³-hybridized carbons (Fsp3) is 0.320. The molecule has 0 atom stereocenters. The normalized spacial score (nSPS) is 10.1. The summed E-state index contributed by atoms with van der Waals surface area (Å²) < 4.78 is 10.6. The Labute approximate surface area is 187 Å². The highest BCUT2D eigenvalue weighted by molar-refractivity contribution is 5.92. The van der Waals surface area contributed by atoms with Crippen LogP contribution in [0.5, 0.6) is 5.75 Å². The van der Waals surface area contributed by atoms with Crippen LogP contribution < -0.4 is 4.74 Å². The van der Waals surface area contributed by atoms with Gasteiger partial charge in [-0.3, -0.25) is 0 Å². The van der Waals surface area contributed by atoms with Crippen molar-refractivity contribution in [3.8, 4) is 5.75 Å². The predicted octanol–water partition coefficient (Wildman–Crippen LogP) is 5.06. The maximum absolute atomic E-state index is 12.0. The van der Waals surface area contributed by atoms with Gasteiger partial charge in [0.25, 0.3) is 0 Å². The minimum Gasteiger partial charge on any atom is -0.494 e. The summed E-state index contributed by atoms with van der Waals surface area (Å²) >= 11 is 0. The van der Waals surface area contributed by atoms with Crippen molar-refractivity contribution in [2.24, 2.45) is 0 Å². The lowest BCUT2D eigenvalue weighted by molar-refractivity contribution is -0.187. The summed E-state index contributed by atoms with van der Waals surface area (Å²) in [5.41, 5.74) is 0.537. The van der Waals surface area contributed by atoms with Crippen molar-refractivity contribution < 1.29 is 33.6 Å². The lowest BCUT2D eigenvalue weighted by Gasteiger charge is -2.07. The van der Waals surface area contributed by atoms with Crippen LogP contribution in [-0.4, -0.2) is 31.1 Å². The van der Waals surface area contributed by atoms with Gasteiger partial charge in [0, 0.05) is 6.08 Å². The Morgan fingerprint density at radius 3 is 1.81 bits per heavy atom. The summed E-state index contributed by atoms with van der Waals surface area (Å²) in [6.45, 7) is 4.37. The highest BCUT2D eigenvalue weighted by Crippen LogP contribution is 2.15. The van der Waals surface area contributed by atoms with Crippen LogP contribution in [0.1, 0.15) is 59.2 Å². The quantitative estimate of drug-likeness (QED) is 0.141. The van der Waals surface area contributed by atoms with E-state index in [-0.39, 0.29) is 17.1 Å². The zero-order valence-electron chi connectivity index (χ0n) is 18.0. The largest absolute Gasteiger partial charge is 0.494 e. The van der Waals surface area contributed by atoms with Gasteiger partial charge in [0.15, 0.2) is 0 Å². The summed E-state index contributed by atoms with van der Waals surface area (Å²) in [5.74, 6) is -1.24. The van der Waals surface area contributed by atoms with Gasteiger partial charge in [-0.1, -0.05) is 50.5 Å². The molecule has 0 aliphatic rings. The molecule has 170 valence electrons. The second kappa shape index (κ2) is 14.4. The first-order valence-corrected chi connectivity index (χ1v) is 10.6. The summed E-state index contributed by atoms with van der Waals surface area (Å²) in [6.07, 6.45) is 7.18. The Bertz CT molecular complexity index is 860. The molecule has 0 fully saturated rings. The van der Waals surface area contributed by atoms with E-state index in [1.54, 1.807) is 54.6 Å². The zero-order chi connectivity index (χ0) is 23.0. The molecule has 7 nitrogen and oxygen atoms in total. The van der Waals surface area contributed by atoms with E-state index in [0.29, 0.717) is 19.0 Å². The van der Waals surface area contributed by atoms with E-state index < -0.39 is 11.9 Å². The van der Waals surface area contributed by atoms with Crippen LogP contribution in [0, 0.1) is 0 Å². The Balaban J connectivity index is 1.55. The van der Waals surface area contributed by atoms with Gasteiger partial charge < -0.3 is 9.47 Å². The predicted molar refractivity (Wildman–Crippen MR) is 118 cm³/mol. The number of unbranched alkanes of at least 4 members (excludes halogenated alkanes) is 5. The lowest BCUT2D eigenvalue weighted by Crippen LogP contribution is -2.11. The van der Waals surface area contributed by atoms with E-state index in [1.165, 1.54) is 6.08 Å². The number of carbonyl (C=O) groups excluding carboxylic acids is 3. The number of benzene rings is 2. The van der Waals surface area contributed by atoms with E-state index in [9.17, 15) is 14.4 Å². The zero-order valence-corrected chi connectivity index (χ0v) is 18.0. The van der Waals surface area contributed by atoms with Crippen molar-refractivity contribution in [3.05, 3.63) is 78.4 Å². The number of rotatable bonds is 13. The molecule has 0 aliphatic heterocycles. The Kier molecular flexibility index (Phi) is 11.1. The van der Waals surface area contributed by atoms with Gasteiger partial charge in [-0.05, 0) is 49.2 Å². The minimum absolute atomic E-state index is 0.247. The standard InChI is InChI=1S/C25H28O7/c1-2-23(26)30-19-11-6-4-3-5-10-18-29-22-16-14-21(15-17-22)25(28)32-31-24(27)20-12-8-7-9-13-20/h2,7-9,12-17H,1,3-6,10-11,18-19H2. The minimum atomic E-state index is -0.764. The summed E-state index contributed by atoms with van der Waals surface area (Å²) in [7, 11) is 0. The second-order valence-electron chi connectivity index (χ2n) is 6.97. The molecule has 0 unspecified atom stereocenters. The van der Waals surface area contributed by atoms with Crippen molar-refractivity contribution in [1.82, 2.24) is 0 Å². The number of esters is 1. The molecule has 0 aromatic heterocycles. The van der Waals surface area contributed by atoms with E-state index in [4.69, 9.17) is 9.47 Å². The van der Waals surface area contributed by atoms with E-state index in [2.05, 4.69) is 16.4 Å². The topological polar surface area (TPSA) is 88.1 Å². The Morgan fingerprint density at radius 1 is 0.688 bits per heavy atom. The van der Waals surface area contributed by atoms with Gasteiger partial charge in [-0.2, -0.15) is 0 Å². The van der Waals surface area contributed by atoms with Crippen LogP contribution >= 0.6 is 0 Å². The second-order valence-corrected chi connectivity index (χ2v) is 6.97. The number of ether oxygens (including phenoxy) is 2. The van der Waals surface area contributed by atoms with Gasteiger partial charge in [0.05, 0.1) is 24.3 Å². The monoisotopic (exact) mass is 440 g/mol. The van der Waals surface area contributed by atoms with Gasteiger partial charge >= 0.3 is 17.9 Å². The van der Waals surface area contributed by atoms with Crippen molar-refractivity contribution in [2.75, 3.05) is 13.2 Å². The van der Waals surface area contributed by atoms with E-state index in [0.717, 1.165) is 38.5 Å². The first kappa shape index (κ1) is 24.7. The molecule has 2 aromatic carbocycles. The number of hydrogen-bond acceptors (Lipinski definition) is 7. The van der Waals surface area contributed by atoms with Gasteiger partial charge in [0.2, 0.25) is 0 Å². The first-order valence-electron chi connectivity index (χ1n) is 10.6. The molecule has 0 heterocycles. The molecule has 0 aliphatic carbocycles. The van der Waals surface area contributed by atoms with Crippen LogP contribution in [0.3, 0.4) is 0 Å². The number of hydrogen-bond donors (Lipinski definition) is 0. The molecule has 32 heavy (non-hydrogen) atoms. The van der Waals surface area contributed by atoms with Gasteiger partial charge in [0.1, 0.15) is 5.75 Å². The molecule has 0 saturated carbocycles. The van der Waals surface area contributed by atoms with Gasteiger partial charge in [-0.25, -0.2) is 24.2 Å². The third-order valence-corrected chi connectivity index (χ3v) is 4.51. The van der Waals surface area contributed by atoms with E-state index >= 15 is 0 Å². The molecule has 2 aromatic rings. The molecule has 0 saturated heterocycles. The molecule has 0 N–H and O–H groups in total. The molecule has 7 heteroatoms. The van der Waals surface area contributed by atoms with Crippen LogP contribution in [-0.2, 0) is 19.3 Å². The molecule has 0 amide bonds.